The lowest BCUT2D eigenvalue weighted by Crippen LogP contribution is -2.35. The van der Waals surface area contributed by atoms with Gasteiger partial charge < -0.3 is 10.1 Å². The van der Waals surface area contributed by atoms with E-state index in [1.54, 1.807) is 0 Å². The first-order valence-electron chi connectivity index (χ1n) is 10.1. The van der Waals surface area contributed by atoms with Gasteiger partial charge in [0.2, 0.25) is 5.91 Å². The Morgan fingerprint density at radius 1 is 1.00 bits per heavy atom. The van der Waals surface area contributed by atoms with Gasteiger partial charge in [0.25, 0.3) is 0 Å². The second-order valence-electron chi connectivity index (χ2n) is 8.06. The van der Waals surface area contributed by atoms with Gasteiger partial charge in [0.05, 0.1) is 6.61 Å². The Balaban J connectivity index is 1.52. The van der Waals surface area contributed by atoms with Crippen LogP contribution < -0.4 is 10.1 Å². The van der Waals surface area contributed by atoms with E-state index in [9.17, 15) is 4.79 Å². The third-order valence-corrected chi connectivity index (χ3v) is 4.62. The largest absolute Gasteiger partial charge is 0.493 e. The summed E-state index contributed by atoms with van der Waals surface area (Å²) in [7, 11) is 0. The van der Waals surface area contributed by atoms with E-state index < -0.39 is 0 Å². The summed E-state index contributed by atoms with van der Waals surface area (Å²) in [6, 6.07) is 16.3. The molecule has 1 amide bonds. The molecular formula is C25H29NO2. The maximum atomic E-state index is 11.8. The van der Waals surface area contributed by atoms with Crippen LogP contribution in [0.3, 0.4) is 0 Å². The topological polar surface area (TPSA) is 38.3 Å². The molecule has 2 aromatic rings. The van der Waals surface area contributed by atoms with Gasteiger partial charge >= 0.3 is 0 Å². The molecule has 3 heteroatoms. The maximum absolute atomic E-state index is 11.8. The first-order valence-corrected chi connectivity index (χ1v) is 10.1. The van der Waals surface area contributed by atoms with Crippen molar-refractivity contribution in [1.82, 2.24) is 5.32 Å². The van der Waals surface area contributed by atoms with Crippen molar-refractivity contribution in [2.24, 2.45) is 11.8 Å². The predicted octanol–water partition coefficient (Wildman–Crippen LogP) is 4.58. The summed E-state index contributed by atoms with van der Waals surface area (Å²) >= 11 is 0. The smallest absolute Gasteiger partial charge is 0.223 e. The molecule has 0 saturated heterocycles. The fourth-order valence-corrected chi connectivity index (χ4v) is 2.88. The lowest BCUT2D eigenvalue weighted by molar-refractivity contribution is -0.122. The molecule has 0 bridgehead atoms. The first kappa shape index (κ1) is 20.0. The summed E-state index contributed by atoms with van der Waals surface area (Å²) in [5, 5.41) is 3.09. The fraction of sp³-hybridized carbons (Fsp3) is 0.400. The fourth-order valence-electron chi connectivity index (χ4n) is 2.88. The van der Waals surface area contributed by atoms with Crippen LogP contribution in [0.2, 0.25) is 0 Å². The van der Waals surface area contributed by atoms with Gasteiger partial charge in [-0.15, -0.1) is 0 Å². The highest BCUT2D eigenvalue weighted by atomic mass is 16.5. The number of hydrogen-bond donors (Lipinski definition) is 1. The van der Waals surface area contributed by atoms with Gasteiger partial charge in [-0.05, 0) is 74.1 Å². The van der Waals surface area contributed by atoms with Crippen LogP contribution in [0.1, 0.15) is 50.3 Å². The van der Waals surface area contributed by atoms with E-state index in [1.807, 2.05) is 36.4 Å². The van der Waals surface area contributed by atoms with E-state index in [0.29, 0.717) is 5.92 Å². The lowest BCUT2D eigenvalue weighted by Gasteiger charge is -2.13. The van der Waals surface area contributed by atoms with Crippen LogP contribution in [-0.2, 0) is 11.2 Å². The quantitative estimate of drug-likeness (QED) is 0.720. The Morgan fingerprint density at radius 2 is 1.57 bits per heavy atom. The number of amides is 1. The van der Waals surface area contributed by atoms with Crippen LogP contribution in [0.25, 0.3) is 0 Å². The zero-order valence-corrected chi connectivity index (χ0v) is 17.0. The number of hydrogen-bond acceptors (Lipinski definition) is 2. The van der Waals surface area contributed by atoms with Crippen molar-refractivity contribution in [1.29, 1.82) is 0 Å². The number of benzene rings is 2. The highest BCUT2D eigenvalue weighted by Gasteiger charge is 2.30. The number of carbonyl (C=O) groups excluding carboxylic acids is 1. The van der Waals surface area contributed by atoms with E-state index in [-0.39, 0.29) is 17.9 Å². The SMILES string of the molecule is CC(C)COc1ccc(C#Cc2ccc(CC(C)NC(=O)C3CC3)cc2)cc1. The molecule has 1 aliphatic rings. The van der Waals surface area contributed by atoms with E-state index >= 15 is 0 Å². The van der Waals surface area contributed by atoms with Crippen LogP contribution in [0.4, 0.5) is 0 Å². The Morgan fingerprint density at radius 3 is 2.11 bits per heavy atom. The zero-order valence-electron chi connectivity index (χ0n) is 17.0. The number of rotatable bonds is 7. The van der Waals surface area contributed by atoms with Crippen LogP contribution in [0.15, 0.2) is 48.5 Å². The second kappa shape index (κ2) is 9.46. The molecule has 1 aliphatic carbocycles. The summed E-state index contributed by atoms with van der Waals surface area (Å²) < 4.78 is 5.70. The molecule has 3 rings (SSSR count). The molecule has 1 saturated carbocycles. The van der Waals surface area contributed by atoms with Gasteiger partial charge in [-0.3, -0.25) is 4.79 Å². The minimum atomic E-state index is 0.154. The summed E-state index contributed by atoms with van der Waals surface area (Å²) in [4.78, 5) is 11.8. The van der Waals surface area contributed by atoms with E-state index in [4.69, 9.17) is 4.74 Å². The molecular weight excluding hydrogens is 346 g/mol. The van der Waals surface area contributed by atoms with E-state index in [0.717, 1.165) is 42.7 Å². The summed E-state index contributed by atoms with van der Waals surface area (Å²) in [5.74, 6) is 8.26. The molecule has 3 nitrogen and oxygen atoms in total. The van der Waals surface area contributed by atoms with Gasteiger partial charge in [-0.2, -0.15) is 0 Å². The predicted molar refractivity (Wildman–Crippen MR) is 113 cm³/mol. The van der Waals surface area contributed by atoms with Gasteiger partial charge in [0.15, 0.2) is 0 Å². The van der Waals surface area contributed by atoms with E-state index in [1.165, 1.54) is 5.56 Å². The van der Waals surface area contributed by atoms with Crippen molar-refractivity contribution in [3.05, 3.63) is 65.2 Å². The molecule has 146 valence electrons. The van der Waals surface area contributed by atoms with Crippen LogP contribution in [-0.4, -0.2) is 18.6 Å². The average Bonchev–Trinajstić information content (AvgIpc) is 3.52. The molecule has 0 spiro atoms. The normalized spacial score (nSPS) is 14.1. The van der Waals surface area contributed by atoms with Crippen molar-refractivity contribution >= 4 is 5.91 Å². The minimum absolute atomic E-state index is 0.154. The zero-order chi connectivity index (χ0) is 19.9. The molecule has 0 heterocycles. The second-order valence-corrected chi connectivity index (χ2v) is 8.06. The molecule has 1 atom stereocenters. The van der Waals surface area contributed by atoms with Gasteiger partial charge in [0, 0.05) is 23.1 Å². The Bertz CT molecular complexity index is 837. The molecule has 0 radical (unpaired) electrons. The molecule has 0 aliphatic heterocycles. The van der Waals surface area contributed by atoms with Crippen LogP contribution in [0, 0.1) is 23.7 Å². The Hall–Kier alpha value is -2.73. The van der Waals surface area contributed by atoms with Crippen molar-refractivity contribution in [2.75, 3.05) is 6.61 Å². The maximum Gasteiger partial charge on any atom is 0.223 e. The molecule has 0 aromatic heterocycles. The molecule has 1 unspecified atom stereocenters. The standard InChI is InChI=1S/C25H29NO2/c1-18(2)17-28-24-14-10-21(11-15-24)5-4-20-6-8-22(9-7-20)16-19(3)26-25(27)23-12-13-23/h6-11,14-15,18-19,23H,12-13,16-17H2,1-3H3,(H,26,27). The Labute approximate surface area is 168 Å². The van der Waals surface area contributed by atoms with Crippen molar-refractivity contribution < 1.29 is 9.53 Å². The molecule has 1 N–H and O–H groups in total. The van der Waals surface area contributed by atoms with Gasteiger partial charge in [0.1, 0.15) is 5.75 Å². The Kier molecular flexibility index (Phi) is 6.76. The lowest BCUT2D eigenvalue weighted by atomic mass is 10.0. The van der Waals surface area contributed by atoms with Crippen LogP contribution in [0.5, 0.6) is 5.75 Å². The van der Waals surface area contributed by atoms with Crippen molar-refractivity contribution in [3.63, 3.8) is 0 Å². The van der Waals surface area contributed by atoms with Crippen LogP contribution >= 0.6 is 0 Å². The van der Waals surface area contributed by atoms with Gasteiger partial charge in [-0.1, -0.05) is 37.8 Å². The van der Waals surface area contributed by atoms with Crippen molar-refractivity contribution in [2.45, 2.75) is 46.1 Å². The van der Waals surface area contributed by atoms with Gasteiger partial charge in [-0.25, -0.2) is 0 Å². The average molecular weight is 376 g/mol. The van der Waals surface area contributed by atoms with Crippen molar-refractivity contribution in [3.8, 4) is 17.6 Å². The number of nitrogens with one attached hydrogen (secondary N) is 1. The van der Waals surface area contributed by atoms with E-state index in [2.05, 4.69) is 50.1 Å². The highest BCUT2D eigenvalue weighted by molar-refractivity contribution is 5.81. The summed E-state index contributed by atoms with van der Waals surface area (Å²) in [5.41, 5.74) is 3.16. The molecule has 2 aromatic carbocycles. The third kappa shape index (κ3) is 6.46. The number of ether oxygens (including phenoxy) is 1. The monoisotopic (exact) mass is 375 g/mol. The highest BCUT2D eigenvalue weighted by Crippen LogP contribution is 2.28. The number of carbonyl (C=O) groups is 1. The summed E-state index contributed by atoms with van der Waals surface area (Å²) in [6.07, 6.45) is 2.92. The molecule has 28 heavy (non-hydrogen) atoms. The summed E-state index contributed by atoms with van der Waals surface area (Å²) in [6.45, 7) is 7.05. The first-order chi connectivity index (χ1) is 13.5. The third-order valence-electron chi connectivity index (χ3n) is 4.62. The minimum Gasteiger partial charge on any atom is -0.493 e. The molecule has 1 fully saturated rings.